The molecule has 1 rings (SSSR count). The van der Waals surface area contributed by atoms with Crippen molar-refractivity contribution in [2.24, 2.45) is 0 Å². The van der Waals surface area contributed by atoms with Crippen molar-refractivity contribution < 1.29 is 23.0 Å². The molecule has 4 nitrogen and oxygen atoms in total. The molecule has 0 radical (unpaired) electrons. The molecular formula is C14H21F2NO3. The molecule has 0 aromatic heterocycles. The molecule has 0 saturated carbocycles. The fraction of sp³-hybridized carbons (Fsp3) is 0.571. The molecule has 0 saturated heterocycles. The zero-order valence-corrected chi connectivity index (χ0v) is 12.0. The van der Waals surface area contributed by atoms with E-state index in [1.54, 1.807) is 6.07 Å². The lowest BCUT2D eigenvalue weighted by atomic mass is 10.1. The first kappa shape index (κ1) is 16.5. The Morgan fingerprint density at radius 2 is 1.75 bits per heavy atom. The quantitative estimate of drug-likeness (QED) is 0.710. The van der Waals surface area contributed by atoms with Crippen LogP contribution in [0.25, 0.3) is 0 Å². The van der Waals surface area contributed by atoms with Gasteiger partial charge in [-0.15, -0.1) is 0 Å². The minimum atomic E-state index is -2.90. The highest BCUT2D eigenvalue weighted by atomic mass is 19.3. The van der Waals surface area contributed by atoms with Crippen molar-refractivity contribution >= 4 is 0 Å². The van der Waals surface area contributed by atoms with Gasteiger partial charge in [0.15, 0.2) is 11.5 Å². The number of methoxy groups -OCH3 is 2. The average Bonchev–Trinajstić information content (AvgIpc) is 2.43. The van der Waals surface area contributed by atoms with Crippen LogP contribution in [0.5, 0.6) is 17.2 Å². The number of alkyl halides is 2. The molecule has 1 aromatic carbocycles. The Kier molecular flexibility index (Phi) is 7.08. The molecule has 0 aliphatic heterocycles. The van der Waals surface area contributed by atoms with Gasteiger partial charge in [0.2, 0.25) is 0 Å². The van der Waals surface area contributed by atoms with Crippen LogP contribution in [0.3, 0.4) is 0 Å². The molecule has 6 heteroatoms. The largest absolute Gasteiger partial charge is 0.496 e. The van der Waals surface area contributed by atoms with Gasteiger partial charge in [-0.1, -0.05) is 6.92 Å². The van der Waals surface area contributed by atoms with Crippen LogP contribution in [-0.2, 0) is 6.42 Å². The van der Waals surface area contributed by atoms with Gasteiger partial charge < -0.3 is 19.5 Å². The molecule has 0 fully saturated rings. The van der Waals surface area contributed by atoms with Crippen LogP contribution >= 0.6 is 0 Å². The maximum Gasteiger partial charge on any atom is 0.387 e. The van der Waals surface area contributed by atoms with Gasteiger partial charge in [0.05, 0.1) is 14.2 Å². The summed E-state index contributed by atoms with van der Waals surface area (Å²) in [6, 6.07) is 3.10. The van der Waals surface area contributed by atoms with Gasteiger partial charge in [-0.2, -0.15) is 8.78 Å². The van der Waals surface area contributed by atoms with Crippen LogP contribution in [0.1, 0.15) is 18.9 Å². The Labute approximate surface area is 118 Å². The van der Waals surface area contributed by atoms with E-state index in [0.717, 1.165) is 25.1 Å². The van der Waals surface area contributed by atoms with E-state index in [0.29, 0.717) is 12.2 Å². The van der Waals surface area contributed by atoms with Gasteiger partial charge in [0, 0.05) is 6.07 Å². The highest BCUT2D eigenvalue weighted by Gasteiger charge is 2.15. The van der Waals surface area contributed by atoms with E-state index in [1.807, 2.05) is 0 Å². The number of hydrogen-bond acceptors (Lipinski definition) is 4. The smallest absolute Gasteiger partial charge is 0.387 e. The average molecular weight is 289 g/mol. The second-order valence-electron chi connectivity index (χ2n) is 4.19. The number of halogens is 2. The standard InChI is InChI=1S/C14H21F2NO3/c1-4-6-17-7-5-10-8-12(19-3)13(20-14(15)16)9-11(10)18-2/h8-9,14,17H,4-7H2,1-3H3. The summed E-state index contributed by atoms with van der Waals surface area (Å²) in [5, 5.41) is 3.27. The Morgan fingerprint density at radius 3 is 2.30 bits per heavy atom. The van der Waals surface area contributed by atoms with E-state index in [9.17, 15) is 8.78 Å². The van der Waals surface area contributed by atoms with E-state index in [-0.39, 0.29) is 11.5 Å². The lowest BCUT2D eigenvalue weighted by Gasteiger charge is -2.15. The third-order valence-corrected chi connectivity index (χ3v) is 2.78. The van der Waals surface area contributed by atoms with Gasteiger partial charge >= 0.3 is 6.61 Å². The number of ether oxygens (including phenoxy) is 3. The Morgan fingerprint density at radius 1 is 1.05 bits per heavy atom. The van der Waals surface area contributed by atoms with Crippen LogP contribution in [0.4, 0.5) is 8.78 Å². The molecule has 0 unspecified atom stereocenters. The van der Waals surface area contributed by atoms with Gasteiger partial charge in [0.25, 0.3) is 0 Å². The summed E-state index contributed by atoms with van der Waals surface area (Å²) in [7, 11) is 2.91. The monoisotopic (exact) mass is 289 g/mol. The van der Waals surface area contributed by atoms with E-state index in [2.05, 4.69) is 17.0 Å². The summed E-state index contributed by atoms with van der Waals surface area (Å²) >= 11 is 0. The van der Waals surface area contributed by atoms with Gasteiger partial charge in [-0.05, 0) is 37.6 Å². The lowest BCUT2D eigenvalue weighted by molar-refractivity contribution is -0.0513. The molecule has 20 heavy (non-hydrogen) atoms. The number of rotatable bonds is 9. The van der Waals surface area contributed by atoms with E-state index >= 15 is 0 Å². The third-order valence-electron chi connectivity index (χ3n) is 2.78. The topological polar surface area (TPSA) is 39.7 Å². The predicted molar refractivity (Wildman–Crippen MR) is 73.0 cm³/mol. The van der Waals surface area contributed by atoms with Crippen LogP contribution < -0.4 is 19.5 Å². The van der Waals surface area contributed by atoms with E-state index in [4.69, 9.17) is 9.47 Å². The first-order valence-corrected chi connectivity index (χ1v) is 6.52. The molecule has 0 amide bonds. The highest BCUT2D eigenvalue weighted by Crippen LogP contribution is 2.35. The van der Waals surface area contributed by atoms with E-state index < -0.39 is 6.61 Å². The van der Waals surface area contributed by atoms with Crippen molar-refractivity contribution in [3.63, 3.8) is 0 Å². The van der Waals surface area contributed by atoms with Gasteiger partial charge in [0.1, 0.15) is 5.75 Å². The van der Waals surface area contributed by atoms with Crippen molar-refractivity contribution in [1.29, 1.82) is 0 Å². The minimum Gasteiger partial charge on any atom is -0.496 e. The molecular weight excluding hydrogens is 268 g/mol. The summed E-state index contributed by atoms with van der Waals surface area (Å²) in [5.74, 6) is 0.765. The maximum atomic E-state index is 12.3. The van der Waals surface area contributed by atoms with E-state index in [1.165, 1.54) is 20.3 Å². The number of hydrogen-bond donors (Lipinski definition) is 1. The molecule has 0 atom stereocenters. The summed E-state index contributed by atoms with van der Waals surface area (Å²) in [6.07, 6.45) is 1.77. The van der Waals surface area contributed by atoms with Gasteiger partial charge in [-0.25, -0.2) is 0 Å². The Balaban J connectivity index is 2.88. The van der Waals surface area contributed by atoms with Crippen LogP contribution in [-0.4, -0.2) is 33.9 Å². The summed E-state index contributed by atoms with van der Waals surface area (Å²) in [5.41, 5.74) is 0.884. The molecule has 0 aliphatic rings. The van der Waals surface area contributed by atoms with Crippen molar-refractivity contribution in [3.05, 3.63) is 17.7 Å². The van der Waals surface area contributed by atoms with Crippen molar-refractivity contribution in [1.82, 2.24) is 5.32 Å². The van der Waals surface area contributed by atoms with Crippen molar-refractivity contribution in [2.75, 3.05) is 27.3 Å². The molecule has 1 aromatic rings. The lowest BCUT2D eigenvalue weighted by Crippen LogP contribution is -2.18. The van der Waals surface area contributed by atoms with Crippen LogP contribution in [0.15, 0.2) is 12.1 Å². The zero-order valence-electron chi connectivity index (χ0n) is 12.0. The number of benzene rings is 1. The summed E-state index contributed by atoms with van der Waals surface area (Å²) in [6.45, 7) is 0.910. The minimum absolute atomic E-state index is 0.0235. The molecule has 0 heterocycles. The second kappa shape index (κ2) is 8.58. The van der Waals surface area contributed by atoms with Crippen molar-refractivity contribution in [2.45, 2.75) is 26.4 Å². The fourth-order valence-corrected chi connectivity index (χ4v) is 1.84. The SMILES string of the molecule is CCCNCCc1cc(OC)c(OC(F)F)cc1OC. The summed E-state index contributed by atoms with van der Waals surface area (Å²) < 4.78 is 39.4. The molecule has 1 N–H and O–H groups in total. The second-order valence-corrected chi connectivity index (χ2v) is 4.19. The zero-order chi connectivity index (χ0) is 15.0. The first-order valence-electron chi connectivity index (χ1n) is 6.52. The Hall–Kier alpha value is -1.56. The van der Waals surface area contributed by atoms with Crippen molar-refractivity contribution in [3.8, 4) is 17.2 Å². The highest BCUT2D eigenvalue weighted by molar-refractivity contribution is 5.50. The molecule has 0 bridgehead atoms. The third kappa shape index (κ3) is 4.85. The Bertz CT molecular complexity index is 414. The van der Waals surface area contributed by atoms with Crippen LogP contribution in [0, 0.1) is 0 Å². The normalized spacial score (nSPS) is 10.7. The fourth-order valence-electron chi connectivity index (χ4n) is 1.84. The first-order chi connectivity index (χ1) is 9.62. The molecule has 114 valence electrons. The molecule has 0 spiro atoms. The maximum absolute atomic E-state index is 12.3. The molecule has 0 aliphatic carbocycles. The predicted octanol–water partition coefficient (Wildman–Crippen LogP) is 2.85. The van der Waals surface area contributed by atoms with Gasteiger partial charge in [-0.3, -0.25) is 0 Å². The number of nitrogens with one attached hydrogen (secondary N) is 1. The van der Waals surface area contributed by atoms with Crippen LogP contribution in [0.2, 0.25) is 0 Å². The summed E-state index contributed by atoms with van der Waals surface area (Å²) in [4.78, 5) is 0.